The highest BCUT2D eigenvalue weighted by Crippen LogP contribution is 2.42. The van der Waals surface area contributed by atoms with Crippen molar-refractivity contribution in [2.75, 3.05) is 0 Å². The molecule has 1 aromatic carbocycles. The van der Waals surface area contributed by atoms with Crippen LogP contribution in [0.3, 0.4) is 0 Å². The molecule has 1 heterocycles. The first kappa shape index (κ1) is 15.6. The van der Waals surface area contributed by atoms with E-state index in [0.29, 0.717) is 5.82 Å². The van der Waals surface area contributed by atoms with Crippen LogP contribution < -0.4 is 0 Å². The van der Waals surface area contributed by atoms with E-state index < -0.39 is 0 Å². The van der Waals surface area contributed by atoms with Crippen LogP contribution in [0.4, 0.5) is 0 Å². The van der Waals surface area contributed by atoms with Gasteiger partial charge in [0.1, 0.15) is 0 Å². The lowest BCUT2D eigenvalue weighted by Crippen LogP contribution is -2.41. The predicted octanol–water partition coefficient (Wildman–Crippen LogP) is 4.59. The molecule has 2 rings (SSSR count). The van der Waals surface area contributed by atoms with E-state index in [4.69, 9.17) is 9.31 Å². The van der Waals surface area contributed by atoms with Gasteiger partial charge in [-0.15, -0.1) is 0 Å². The van der Waals surface area contributed by atoms with E-state index in [1.54, 1.807) is 0 Å². The number of unbranched alkanes of at least 4 members (excludes halogenated alkanes) is 1. The molecule has 1 atom stereocenters. The zero-order valence-corrected chi connectivity index (χ0v) is 13.5. The lowest BCUT2D eigenvalue weighted by atomic mass is 9.65. The summed E-state index contributed by atoms with van der Waals surface area (Å²) in [5.41, 5.74) is 0.813. The van der Waals surface area contributed by atoms with Crippen LogP contribution >= 0.6 is 0 Å². The van der Waals surface area contributed by atoms with Gasteiger partial charge in [-0.05, 0) is 39.7 Å². The maximum Gasteiger partial charge on any atom is 0.465 e. The summed E-state index contributed by atoms with van der Waals surface area (Å²) in [5.74, 6) is 0.317. The van der Waals surface area contributed by atoms with Crippen molar-refractivity contribution in [3.05, 3.63) is 35.9 Å². The first-order valence-electron chi connectivity index (χ1n) is 7.78. The van der Waals surface area contributed by atoms with Gasteiger partial charge in [-0.1, -0.05) is 50.1 Å². The molecule has 1 fully saturated rings. The van der Waals surface area contributed by atoms with Crippen LogP contribution in [0.15, 0.2) is 30.3 Å². The Morgan fingerprint density at radius 1 is 1.00 bits per heavy atom. The summed E-state index contributed by atoms with van der Waals surface area (Å²) in [4.78, 5) is 0. The highest BCUT2D eigenvalue weighted by molar-refractivity contribution is 6.47. The molecule has 110 valence electrons. The van der Waals surface area contributed by atoms with Gasteiger partial charge in [-0.2, -0.15) is 0 Å². The molecule has 1 unspecified atom stereocenters. The van der Waals surface area contributed by atoms with E-state index in [1.165, 1.54) is 18.4 Å². The molecule has 0 aromatic heterocycles. The lowest BCUT2D eigenvalue weighted by Gasteiger charge is -2.32. The molecule has 0 amide bonds. The van der Waals surface area contributed by atoms with Crippen LogP contribution in [-0.4, -0.2) is 18.3 Å². The summed E-state index contributed by atoms with van der Waals surface area (Å²) in [6, 6.07) is 10.6. The highest BCUT2D eigenvalue weighted by atomic mass is 16.7. The Morgan fingerprint density at radius 2 is 1.55 bits per heavy atom. The smallest absolute Gasteiger partial charge is 0.403 e. The molecule has 1 saturated heterocycles. The summed E-state index contributed by atoms with van der Waals surface area (Å²) in [6.45, 7) is 10.7. The Kier molecular flexibility index (Phi) is 4.60. The largest absolute Gasteiger partial charge is 0.465 e. The van der Waals surface area contributed by atoms with E-state index >= 15 is 0 Å². The van der Waals surface area contributed by atoms with Crippen molar-refractivity contribution in [3.8, 4) is 0 Å². The second-order valence-corrected chi connectivity index (χ2v) is 6.78. The molecule has 3 heteroatoms. The third-order valence-corrected chi connectivity index (χ3v) is 4.70. The minimum Gasteiger partial charge on any atom is -0.403 e. The minimum absolute atomic E-state index is 0.144. The van der Waals surface area contributed by atoms with Crippen LogP contribution in [0.2, 0.25) is 0 Å². The van der Waals surface area contributed by atoms with Gasteiger partial charge >= 0.3 is 7.12 Å². The van der Waals surface area contributed by atoms with Crippen molar-refractivity contribution in [2.24, 2.45) is 0 Å². The Morgan fingerprint density at radius 3 is 2.05 bits per heavy atom. The quantitative estimate of drug-likeness (QED) is 0.731. The standard InChI is InChI=1S/C17H27BO2/c1-6-7-13-15(14-11-9-8-10-12-14)18-19-16(2,3)17(4,5)20-18/h8-12,15H,6-7,13H2,1-5H3. The maximum absolute atomic E-state index is 6.26. The average molecular weight is 274 g/mol. The summed E-state index contributed by atoms with van der Waals surface area (Å²) in [6.07, 6.45) is 3.50. The maximum atomic E-state index is 6.26. The molecule has 0 N–H and O–H groups in total. The van der Waals surface area contributed by atoms with Gasteiger partial charge in [0.2, 0.25) is 0 Å². The van der Waals surface area contributed by atoms with Gasteiger partial charge in [0, 0.05) is 5.82 Å². The Balaban J connectivity index is 2.21. The molecule has 1 aliphatic rings. The van der Waals surface area contributed by atoms with E-state index in [-0.39, 0.29) is 18.3 Å². The molecular formula is C17H27BO2. The predicted molar refractivity (Wildman–Crippen MR) is 84.8 cm³/mol. The van der Waals surface area contributed by atoms with Gasteiger partial charge in [0.25, 0.3) is 0 Å². The molecule has 0 aliphatic carbocycles. The molecule has 20 heavy (non-hydrogen) atoms. The molecule has 0 spiro atoms. The molecule has 0 bridgehead atoms. The third-order valence-electron chi connectivity index (χ3n) is 4.70. The average Bonchev–Trinajstić information content (AvgIpc) is 2.60. The summed E-state index contributed by atoms with van der Waals surface area (Å²) in [7, 11) is -0.144. The molecule has 0 radical (unpaired) electrons. The molecule has 2 nitrogen and oxygen atoms in total. The van der Waals surface area contributed by atoms with Gasteiger partial charge in [-0.25, -0.2) is 0 Å². The second kappa shape index (κ2) is 5.91. The Bertz CT molecular complexity index is 412. The van der Waals surface area contributed by atoms with E-state index in [9.17, 15) is 0 Å². The fraction of sp³-hybridized carbons (Fsp3) is 0.647. The Labute approximate surface area is 124 Å². The van der Waals surface area contributed by atoms with Crippen LogP contribution in [-0.2, 0) is 9.31 Å². The van der Waals surface area contributed by atoms with Gasteiger partial charge in [-0.3, -0.25) is 0 Å². The Hall–Kier alpha value is -0.795. The van der Waals surface area contributed by atoms with E-state index in [2.05, 4.69) is 65.0 Å². The summed E-state index contributed by atoms with van der Waals surface area (Å²) < 4.78 is 12.5. The number of hydrogen-bond donors (Lipinski definition) is 0. The topological polar surface area (TPSA) is 18.5 Å². The van der Waals surface area contributed by atoms with Crippen molar-refractivity contribution in [2.45, 2.75) is 70.9 Å². The molecular weight excluding hydrogens is 247 g/mol. The third kappa shape index (κ3) is 3.10. The zero-order chi connectivity index (χ0) is 14.8. The second-order valence-electron chi connectivity index (χ2n) is 6.78. The first-order valence-corrected chi connectivity index (χ1v) is 7.78. The first-order chi connectivity index (χ1) is 9.37. The summed E-state index contributed by atoms with van der Waals surface area (Å²) in [5, 5.41) is 0. The molecule has 1 aromatic rings. The SMILES string of the molecule is CCCCC(B1OC(C)(C)C(C)(C)O1)c1ccccc1. The van der Waals surface area contributed by atoms with Crippen LogP contribution in [0.1, 0.15) is 65.3 Å². The van der Waals surface area contributed by atoms with Crippen molar-refractivity contribution in [1.29, 1.82) is 0 Å². The van der Waals surface area contributed by atoms with Gasteiger partial charge in [0.15, 0.2) is 0 Å². The lowest BCUT2D eigenvalue weighted by molar-refractivity contribution is 0.00578. The zero-order valence-electron chi connectivity index (χ0n) is 13.5. The van der Waals surface area contributed by atoms with Crippen LogP contribution in [0, 0.1) is 0 Å². The van der Waals surface area contributed by atoms with Gasteiger partial charge in [0.05, 0.1) is 11.2 Å². The van der Waals surface area contributed by atoms with E-state index in [0.717, 1.165) is 6.42 Å². The monoisotopic (exact) mass is 274 g/mol. The number of rotatable bonds is 5. The van der Waals surface area contributed by atoms with Gasteiger partial charge < -0.3 is 9.31 Å². The van der Waals surface area contributed by atoms with Crippen LogP contribution in [0.25, 0.3) is 0 Å². The normalized spacial score (nSPS) is 21.9. The fourth-order valence-electron chi connectivity index (χ4n) is 2.64. The van der Waals surface area contributed by atoms with Crippen molar-refractivity contribution in [1.82, 2.24) is 0 Å². The van der Waals surface area contributed by atoms with Crippen molar-refractivity contribution >= 4 is 7.12 Å². The number of benzene rings is 1. The van der Waals surface area contributed by atoms with E-state index in [1.807, 2.05) is 0 Å². The number of hydrogen-bond acceptors (Lipinski definition) is 2. The van der Waals surface area contributed by atoms with Crippen molar-refractivity contribution < 1.29 is 9.31 Å². The molecule has 0 saturated carbocycles. The van der Waals surface area contributed by atoms with Crippen molar-refractivity contribution in [3.63, 3.8) is 0 Å². The fourth-order valence-corrected chi connectivity index (χ4v) is 2.64. The highest BCUT2D eigenvalue weighted by Gasteiger charge is 2.53. The molecule has 1 aliphatic heterocycles. The minimum atomic E-state index is -0.253. The van der Waals surface area contributed by atoms with Crippen LogP contribution in [0.5, 0.6) is 0 Å². The summed E-state index contributed by atoms with van der Waals surface area (Å²) >= 11 is 0.